The van der Waals surface area contributed by atoms with Crippen molar-refractivity contribution in [1.82, 2.24) is 14.8 Å². The van der Waals surface area contributed by atoms with Crippen LogP contribution in [0.3, 0.4) is 0 Å². The van der Waals surface area contributed by atoms with Crippen LogP contribution in [0.1, 0.15) is 42.2 Å². The SMILES string of the molecule is CC(C)c1c(-c2ccc(C(=O)O)cc2OC2CCOC2)c2cc3[nH]ncc3cc2n1-c1ccc(F)cc1. The molecular weight excluding hydrogens is 473 g/mol. The molecule has 0 saturated carbocycles. The van der Waals surface area contributed by atoms with Crippen LogP contribution < -0.4 is 4.74 Å². The Balaban J connectivity index is 1.69. The third-order valence-corrected chi connectivity index (χ3v) is 6.87. The summed E-state index contributed by atoms with van der Waals surface area (Å²) < 4.78 is 27.9. The summed E-state index contributed by atoms with van der Waals surface area (Å²) >= 11 is 0. The molecule has 0 aliphatic carbocycles. The number of fused-ring (bicyclic) bond motifs is 2. The number of carboxylic acid groups (broad SMARTS) is 1. The van der Waals surface area contributed by atoms with Crippen molar-refractivity contribution < 1.29 is 23.8 Å². The van der Waals surface area contributed by atoms with Crippen LogP contribution in [-0.2, 0) is 4.74 Å². The van der Waals surface area contributed by atoms with Gasteiger partial charge in [0.1, 0.15) is 17.7 Å². The Morgan fingerprint density at radius 2 is 2.00 bits per heavy atom. The number of nitrogens with one attached hydrogen (secondary N) is 1. The first-order valence-corrected chi connectivity index (χ1v) is 12.3. The smallest absolute Gasteiger partial charge is 0.335 e. The molecule has 0 amide bonds. The number of ether oxygens (including phenoxy) is 2. The maximum Gasteiger partial charge on any atom is 0.335 e. The van der Waals surface area contributed by atoms with E-state index in [-0.39, 0.29) is 23.4 Å². The fraction of sp³-hybridized carbons (Fsp3) is 0.241. The predicted molar refractivity (Wildman–Crippen MR) is 139 cm³/mol. The Morgan fingerprint density at radius 3 is 2.70 bits per heavy atom. The van der Waals surface area contributed by atoms with Crippen molar-refractivity contribution in [3.63, 3.8) is 0 Å². The van der Waals surface area contributed by atoms with E-state index in [9.17, 15) is 14.3 Å². The summed E-state index contributed by atoms with van der Waals surface area (Å²) in [6.45, 7) is 5.29. The number of carbonyl (C=O) groups is 1. The van der Waals surface area contributed by atoms with Crippen LogP contribution in [0.25, 0.3) is 38.6 Å². The average Bonchev–Trinajstić information content (AvgIpc) is 3.62. The number of hydrogen-bond acceptors (Lipinski definition) is 4. The number of hydrogen-bond donors (Lipinski definition) is 2. The van der Waals surface area contributed by atoms with E-state index < -0.39 is 5.97 Å². The minimum absolute atomic E-state index is 0.0748. The zero-order valence-electron chi connectivity index (χ0n) is 20.5. The Labute approximate surface area is 212 Å². The lowest BCUT2D eigenvalue weighted by Crippen LogP contribution is -2.16. The summed E-state index contributed by atoms with van der Waals surface area (Å²) in [6.07, 6.45) is 2.36. The number of aromatic nitrogens is 3. The van der Waals surface area contributed by atoms with Gasteiger partial charge in [0.25, 0.3) is 0 Å². The van der Waals surface area contributed by atoms with E-state index in [0.29, 0.717) is 19.0 Å². The van der Waals surface area contributed by atoms with Gasteiger partial charge in [0, 0.05) is 39.7 Å². The molecule has 7 nitrogen and oxygen atoms in total. The van der Waals surface area contributed by atoms with Crippen molar-refractivity contribution in [3.8, 4) is 22.6 Å². The number of aromatic amines is 1. The van der Waals surface area contributed by atoms with Crippen LogP contribution in [0.2, 0.25) is 0 Å². The van der Waals surface area contributed by atoms with E-state index in [4.69, 9.17) is 9.47 Å². The molecule has 3 aromatic carbocycles. The van der Waals surface area contributed by atoms with E-state index in [1.54, 1.807) is 30.5 Å². The lowest BCUT2D eigenvalue weighted by Gasteiger charge is -2.19. The number of benzene rings is 3. The second kappa shape index (κ2) is 9.05. The van der Waals surface area contributed by atoms with E-state index in [0.717, 1.165) is 50.7 Å². The van der Waals surface area contributed by atoms with Gasteiger partial charge < -0.3 is 19.1 Å². The fourth-order valence-corrected chi connectivity index (χ4v) is 5.19. The second-order valence-corrected chi connectivity index (χ2v) is 9.67. The Bertz CT molecular complexity index is 1630. The molecule has 0 spiro atoms. The normalized spacial score (nSPS) is 15.7. The molecule has 1 aliphatic heterocycles. The van der Waals surface area contributed by atoms with Gasteiger partial charge in [0.2, 0.25) is 0 Å². The van der Waals surface area contributed by atoms with Crippen LogP contribution in [0, 0.1) is 5.82 Å². The molecule has 3 heterocycles. The highest BCUT2D eigenvalue weighted by atomic mass is 19.1. The van der Waals surface area contributed by atoms with Gasteiger partial charge in [-0.25, -0.2) is 9.18 Å². The largest absolute Gasteiger partial charge is 0.487 e. The van der Waals surface area contributed by atoms with Crippen molar-refractivity contribution in [2.75, 3.05) is 13.2 Å². The molecule has 5 aromatic rings. The van der Waals surface area contributed by atoms with Crippen LogP contribution in [0.4, 0.5) is 4.39 Å². The van der Waals surface area contributed by atoms with Gasteiger partial charge in [-0.1, -0.05) is 13.8 Å². The lowest BCUT2D eigenvalue weighted by molar-refractivity contribution is 0.0696. The number of carboxylic acids is 1. The molecule has 6 rings (SSSR count). The number of aromatic carboxylic acids is 1. The van der Waals surface area contributed by atoms with Gasteiger partial charge in [-0.2, -0.15) is 5.10 Å². The van der Waals surface area contributed by atoms with E-state index in [1.807, 2.05) is 6.07 Å². The minimum atomic E-state index is -1.02. The van der Waals surface area contributed by atoms with Gasteiger partial charge in [-0.05, 0) is 60.5 Å². The summed E-state index contributed by atoms with van der Waals surface area (Å²) in [5, 5.41) is 18.9. The highest BCUT2D eigenvalue weighted by molar-refractivity contribution is 6.07. The first-order valence-electron chi connectivity index (χ1n) is 12.3. The molecule has 0 bridgehead atoms. The highest BCUT2D eigenvalue weighted by Gasteiger charge is 2.27. The van der Waals surface area contributed by atoms with Crippen molar-refractivity contribution in [3.05, 3.63) is 77.9 Å². The van der Waals surface area contributed by atoms with Crippen LogP contribution in [-0.4, -0.2) is 45.2 Å². The summed E-state index contributed by atoms with van der Waals surface area (Å²) in [5.74, 6) is -0.746. The van der Waals surface area contributed by atoms with Gasteiger partial charge in [0.05, 0.1) is 36.0 Å². The second-order valence-electron chi connectivity index (χ2n) is 9.67. The highest BCUT2D eigenvalue weighted by Crippen LogP contribution is 2.45. The quantitative estimate of drug-likeness (QED) is 0.286. The number of halogens is 1. The molecule has 1 fully saturated rings. The monoisotopic (exact) mass is 499 g/mol. The van der Waals surface area contributed by atoms with Crippen LogP contribution in [0.5, 0.6) is 5.75 Å². The summed E-state index contributed by atoms with van der Waals surface area (Å²) in [6, 6.07) is 15.6. The zero-order valence-corrected chi connectivity index (χ0v) is 20.5. The predicted octanol–water partition coefficient (Wildman–Crippen LogP) is 6.30. The number of H-pyrrole nitrogens is 1. The molecule has 2 aromatic heterocycles. The first-order chi connectivity index (χ1) is 17.9. The van der Waals surface area contributed by atoms with Gasteiger partial charge in [-0.15, -0.1) is 0 Å². The summed E-state index contributed by atoms with van der Waals surface area (Å²) in [4.78, 5) is 11.8. The van der Waals surface area contributed by atoms with Crippen molar-refractivity contribution in [2.24, 2.45) is 0 Å². The Morgan fingerprint density at radius 1 is 1.19 bits per heavy atom. The lowest BCUT2D eigenvalue weighted by atomic mass is 9.94. The number of nitrogens with zero attached hydrogens (tertiary/aromatic N) is 2. The fourth-order valence-electron chi connectivity index (χ4n) is 5.19. The van der Waals surface area contributed by atoms with Crippen molar-refractivity contribution in [2.45, 2.75) is 32.3 Å². The van der Waals surface area contributed by atoms with Crippen LogP contribution >= 0.6 is 0 Å². The molecule has 8 heteroatoms. The molecule has 1 aliphatic rings. The maximum atomic E-state index is 13.9. The third-order valence-electron chi connectivity index (χ3n) is 6.87. The summed E-state index contributed by atoms with van der Waals surface area (Å²) in [5.41, 5.74) is 5.56. The van der Waals surface area contributed by atoms with Crippen LogP contribution in [0.15, 0.2) is 60.8 Å². The van der Waals surface area contributed by atoms with Gasteiger partial charge in [0.15, 0.2) is 0 Å². The molecule has 1 saturated heterocycles. The summed E-state index contributed by atoms with van der Waals surface area (Å²) in [7, 11) is 0. The average molecular weight is 500 g/mol. The molecule has 37 heavy (non-hydrogen) atoms. The zero-order chi connectivity index (χ0) is 25.7. The Kier molecular flexibility index (Phi) is 5.68. The number of rotatable bonds is 6. The molecule has 2 N–H and O–H groups in total. The van der Waals surface area contributed by atoms with Crippen molar-refractivity contribution >= 4 is 27.8 Å². The topological polar surface area (TPSA) is 89.4 Å². The van der Waals surface area contributed by atoms with E-state index in [2.05, 4.69) is 40.7 Å². The minimum Gasteiger partial charge on any atom is -0.487 e. The molecule has 0 radical (unpaired) electrons. The Hall–Kier alpha value is -4.17. The molecular formula is C29H26FN3O4. The van der Waals surface area contributed by atoms with Gasteiger partial charge in [-0.3, -0.25) is 5.10 Å². The maximum absolute atomic E-state index is 13.9. The third kappa shape index (κ3) is 4.03. The van der Waals surface area contributed by atoms with Crippen molar-refractivity contribution in [1.29, 1.82) is 0 Å². The molecule has 1 atom stereocenters. The van der Waals surface area contributed by atoms with E-state index in [1.165, 1.54) is 12.1 Å². The standard InChI is InChI=1S/C29H26FN3O4/c1-16(2)28-27(22-8-3-17(29(34)35)12-26(22)37-21-9-10-36-15-21)23-13-24-18(14-31-32-24)11-25(23)33(28)20-6-4-19(30)5-7-20/h3-8,11-14,16,21H,9-10,15H2,1-2H3,(H,31,32)(H,34,35). The first kappa shape index (κ1) is 23.2. The molecule has 188 valence electrons. The van der Waals surface area contributed by atoms with E-state index >= 15 is 0 Å². The van der Waals surface area contributed by atoms with Gasteiger partial charge >= 0.3 is 5.97 Å². The molecule has 1 unspecified atom stereocenters.